The highest BCUT2D eigenvalue weighted by molar-refractivity contribution is 6.42. The molecule has 104 valence electrons. The molecule has 0 unspecified atom stereocenters. The quantitative estimate of drug-likeness (QED) is 0.944. The zero-order chi connectivity index (χ0) is 14.1. The Balaban J connectivity index is 1.81. The zero-order valence-electron chi connectivity index (χ0n) is 10.5. The Morgan fingerprint density at radius 2 is 2.15 bits per heavy atom. The fraction of sp³-hybridized carbons (Fsp3) is 0.308. The Morgan fingerprint density at radius 3 is 2.75 bits per heavy atom. The average Bonchev–Trinajstić information content (AvgIpc) is 3.13. The second kappa shape index (κ2) is 5.42. The Hall–Kier alpha value is -1.59. The molecule has 1 amide bonds. The third kappa shape index (κ3) is 2.78. The minimum Gasteiger partial charge on any atom is -0.330 e. The molecule has 1 aliphatic carbocycles. The third-order valence-corrected chi connectivity index (χ3v) is 3.96. The van der Waals surface area contributed by atoms with E-state index in [-0.39, 0.29) is 11.9 Å². The van der Waals surface area contributed by atoms with Crippen molar-refractivity contribution in [2.45, 2.75) is 25.4 Å². The number of amides is 1. The number of rotatable bonds is 4. The Morgan fingerprint density at radius 1 is 1.35 bits per heavy atom. The summed E-state index contributed by atoms with van der Waals surface area (Å²) in [6, 6.07) is 5.67. The van der Waals surface area contributed by atoms with E-state index in [4.69, 9.17) is 23.2 Å². The maximum absolute atomic E-state index is 12.4. The molecule has 0 aliphatic heterocycles. The van der Waals surface area contributed by atoms with Gasteiger partial charge in [0.15, 0.2) is 5.69 Å². The summed E-state index contributed by atoms with van der Waals surface area (Å²) in [6.07, 6.45) is 3.47. The van der Waals surface area contributed by atoms with Gasteiger partial charge >= 0.3 is 0 Å². The topological polar surface area (TPSA) is 61.9 Å². The van der Waals surface area contributed by atoms with Crippen LogP contribution in [0.3, 0.4) is 0 Å². The lowest BCUT2D eigenvalue weighted by molar-refractivity contribution is 0.0724. The highest BCUT2D eigenvalue weighted by atomic mass is 35.5. The minimum absolute atomic E-state index is 0.118. The Kier molecular flexibility index (Phi) is 3.63. The molecule has 20 heavy (non-hydrogen) atoms. The summed E-state index contributed by atoms with van der Waals surface area (Å²) in [5.41, 5.74) is 1.28. The third-order valence-electron chi connectivity index (χ3n) is 3.22. The van der Waals surface area contributed by atoms with Gasteiger partial charge in [0.2, 0.25) is 0 Å². The van der Waals surface area contributed by atoms with Gasteiger partial charge < -0.3 is 4.90 Å². The molecule has 1 saturated carbocycles. The Bertz CT molecular complexity index is 625. The number of H-pyrrole nitrogens is 1. The van der Waals surface area contributed by atoms with Crippen molar-refractivity contribution in [1.29, 1.82) is 0 Å². The first-order valence-electron chi connectivity index (χ1n) is 6.26. The monoisotopic (exact) mass is 310 g/mol. The molecule has 1 fully saturated rings. The van der Waals surface area contributed by atoms with Gasteiger partial charge in [0, 0.05) is 12.6 Å². The normalized spacial score (nSPS) is 14.3. The first-order chi connectivity index (χ1) is 9.65. The summed E-state index contributed by atoms with van der Waals surface area (Å²) >= 11 is 11.9. The molecule has 1 N–H and O–H groups in total. The minimum atomic E-state index is -0.118. The molecule has 1 heterocycles. The summed E-state index contributed by atoms with van der Waals surface area (Å²) in [4.78, 5) is 14.2. The van der Waals surface area contributed by atoms with Crippen molar-refractivity contribution in [2.75, 3.05) is 0 Å². The van der Waals surface area contributed by atoms with E-state index in [1.165, 1.54) is 6.20 Å². The van der Waals surface area contributed by atoms with Crippen molar-refractivity contribution in [3.05, 3.63) is 45.7 Å². The molecule has 0 radical (unpaired) electrons. The van der Waals surface area contributed by atoms with E-state index in [0.29, 0.717) is 22.3 Å². The van der Waals surface area contributed by atoms with E-state index in [1.54, 1.807) is 17.0 Å². The standard InChI is InChI=1S/C13H12Cl2N4O/c14-10-4-1-8(5-11(10)15)7-19(9-2-3-9)13(20)12-6-16-18-17-12/h1,4-6,9H,2-3,7H2,(H,16,17,18). The van der Waals surface area contributed by atoms with Crippen molar-refractivity contribution < 1.29 is 4.79 Å². The molecule has 2 aromatic rings. The first kappa shape index (κ1) is 13.4. The van der Waals surface area contributed by atoms with Crippen LogP contribution >= 0.6 is 23.2 Å². The van der Waals surface area contributed by atoms with Crippen LogP contribution in [0, 0.1) is 0 Å². The number of aromatic amines is 1. The van der Waals surface area contributed by atoms with Crippen LogP contribution in [0.15, 0.2) is 24.4 Å². The van der Waals surface area contributed by atoms with Gasteiger partial charge in [-0.1, -0.05) is 29.3 Å². The summed E-state index contributed by atoms with van der Waals surface area (Å²) in [7, 11) is 0. The van der Waals surface area contributed by atoms with Crippen LogP contribution in [0.4, 0.5) is 0 Å². The van der Waals surface area contributed by atoms with Gasteiger partial charge in [0.1, 0.15) is 0 Å². The lowest BCUT2D eigenvalue weighted by atomic mass is 10.2. The Labute approximate surface area is 125 Å². The lowest BCUT2D eigenvalue weighted by Gasteiger charge is -2.21. The van der Waals surface area contributed by atoms with Crippen LogP contribution in [-0.4, -0.2) is 32.3 Å². The summed E-state index contributed by atoms with van der Waals surface area (Å²) in [6.45, 7) is 0.493. The molecule has 0 bridgehead atoms. The second-order valence-corrected chi connectivity index (χ2v) is 5.58. The maximum Gasteiger partial charge on any atom is 0.276 e. The van der Waals surface area contributed by atoms with Crippen LogP contribution in [0.25, 0.3) is 0 Å². The fourth-order valence-electron chi connectivity index (χ4n) is 2.04. The van der Waals surface area contributed by atoms with E-state index < -0.39 is 0 Å². The van der Waals surface area contributed by atoms with Crippen molar-refractivity contribution in [3.63, 3.8) is 0 Å². The van der Waals surface area contributed by atoms with Crippen molar-refractivity contribution >= 4 is 29.1 Å². The molecular formula is C13H12Cl2N4O. The van der Waals surface area contributed by atoms with Crippen LogP contribution in [0.2, 0.25) is 10.0 Å². The highest BCUT2D eigenvalue weighted by Crippen LogP contribution is 2.30. The molecule has 7 heteroatoms. The predicted octanol–water partition coefficient (Wildman–Crippen LogP) is 2.92. The fourth-order valence-corrected chi connectivity index (χ4v) is 2.36. The summed E-state index contributed by atoms with van der Waals surface area (Å²) in [5.74, 6) is -0.118. The van der Waals surface area contributed by atoms with Crippen LogP contribution < -0.4 is 0 Å². The number of aromatic nitrogens is 3. The number of carbonyl (C=O) groups is 1. The SMILES string of the molecule is O=C(c1cn[nH]n1)N(Cc1ccc(Cl)c(Cl)c1)C1CC1. The highest BCUT2D eigenvalue weighted by Gasteiger charge is 2.34. The summed E-state index contributed by atoms with van der Waals surface area (Å²) in [5, 5.41) is 11.0. The largest absolute Gasteiger partial charge is 0.330 e. The van der Waals surface area contributed by atoms with Gasteiger partial charge in [0.25, 0.3) is 5.91 Å². The average molecular weight is 311 g/mol. The second-order valence-electron chi connectivity index (χ2n) is 4.77. The van der Waals surface area contributed by atoms with Gasteiger partial charge in [-0.2, -0.15) is 15.4 Å². The molecule has 0 spiro atoms. The number of carbonyl (C=O) groups excluding carboxylic acids is 1. The number of hydrogen-bond donors (Lipinski definition) is 1. The van der Waals surface area contributed by atoms with Crippen molar-refractivity contribution in [3.8, 4) is 0 Å². The molecule has 5 nitrogen and oxygen atoms in total. The van der Waals surface area contributed by atoms with Crippen LogP contribution in [0.1, 0.15) is 28.9 Å². The van der Waals surface area contributed by atoms with Gasteiger partial charge in [-0.3, -0.25) is 4.79 Å². The number of hydrogen-bond acceptors (Lipinski definition) is 3. The zero-order valence-corrected chi connectivity index (χ0v) is 12.0. The lowest BCUT2D eigenvalue weighted by Crippen LogP contribution is -2.32. The van der Waals surface area contributed by atoms with Crippen LogP contribution in [0.5, 0.6) is 0 Å². The number of benzene rings is 1. The number of nitrogens with zero attached hydrogens (tertiary/aromatic N) is 3. The maximum atomic E-state index is 12.4. The summed E-state index contributed by atoms with van der Waals surface area (Å²) < 4.78 is 0. The van der Waals surface area contributed by atoms with Crippen molar-refractivity contribution in [1.82, 2.24) is 20.3 Å². The smallest absolute Gasteiger partial charge is 0.276 e. The molecule has 0 saturated heterocycles. The molecule has 1 aromatic carbocycles. The number of halogens is 2. The molecule has 1 aromatic heterocycles. The predicted molar refractivity (Wildman–Crippen MR) is 75.7 cm³/mol. The molecule has 3 rings (SSSR count). The first-order valence-corrected chi connectivity index (χ1v) is 7.01. The van der Waals surface area contributed by atoms with Gasteiger partial charge in [-0.25, -0.2) is 0 Å². The van der Waals surface area contributed by atoms with Crippen LogP contribution in [-0.2, 0) is 6.54 Å². The number of nitrogens with one attached hydrogen (secondary N) is 1. The van der Waals surface area contributed by atoms with Gasteiger partial charge in [-0.15, -0.1) is 0 Å². The molecule has 0 atom stereocenters. The van der Waals surface area contributed by atoms with E-state index >= 15 is 0 Å². The van der Waals surface area contributed by atoms with E-state index in [9.17, 15) is 4.79 Å². The van der Waals surface area contributed by atoms with E-state index in [2.05, 4.69) is 15.4 Å². The molecular weight excluding hydrogens is 299 g/mol. The van der Waals surface area contributed by atoms with Crippen molar-refractivity contribution in [2.24, 2.45) is 0 Å². The molecule has 1 aliphatic rings. The van der Waals surface area contributed by atoms with E-state index in [0.717, 1.165) is 18.4 Å². The van der Waals surface area contributed by atoms with E-state index in [1.807, 2.05) is 6.07 Å². The van der Waals surface area contributed by atoms with Gasteiger partial charge in [-0.05, 0) is 30.5 Å². The van der Waals surface area contributed by atoms with Gasteiger partial charge in [0.05, 0.1) is 16.2 Å².